The van der Waals surface area contributed by atoms with Gasteiger partial charge in [0.2, 0.25) is 0 Å². The molecule has 1 aromatic carbocycles. The highest BCUT2D eigenvalue weighted by Gasteiger charge is 2.37. The van der Waals surface area contributed by atoms with Crippen LogP contribution in [-0.4, -0.2) is 23.1 Å². The van der Waals surface area contributed by atoms with Crippen molar-refractivity contribution in [3.8, 4) is 5.75 Å². The molecule has 7 nitrogen and oxygen atoms in total. The molecule has 0 aromatic heterocycles. The van der Waals surface area contributed by atoms with Crippen molar-refractivity contribution in [2.75, 3.05) is 6.61 Å². The third kappa shape index (κ3) is 2.83. The smallest absolute Gasteiger partial charge is 0.310 e. The molecule has 0 aliphatic heterocycles. The summed E-state index contributed by atoms with van der Waals surface area (Å²) < 4.78 is 5.20. The number of ether oxygens (including phenoxy) is 1. The van der Waals surface area contributed by atoms with Gasteiger partial charge < -0.3 is 4.74 Å². The van der Waals surface area contributed by atoms with Crippen molar-refractivity contribution in [3.63, 3.8) is 0 Å². The fourth-order valence-corrected chi connectivity index (χ4v) is 2.70. The number of hydrogen-bond donors (Lipinski definition) is 1. The van der Waals surface area contributed by atoms with Crippen LogP contribution < -0.4 is 10.2 Å². The Kier molecular flexibility index (Phi) is 3.86. The normalized spacial score (nSPS) is 23.7. The standard InChI is InChI=1S/C15H15N3O4/c19-15(17-16-12-8-10-4-3-5-11(10)12)9-22-14-7-2-1-6-13(14)18(20)21/h1-4,6-7,10-11H,5,8-9H2,(H,17,19)/b16-12-/t10-,11-/m0/s1. The maximum absolute atomic E-state index is 11.7. The molecular weight excluding hydrogens is 286 g/mol. The minimum Gasteiger partial charge on any atom is -0.477 e. The predicted molar refractivity (Wildman–Crippen MR) is 79.5 cm³/mol. The molecule has 0 saturated heterocycles. The van der Waals surface area contributed by atoms with E-state index in [4.69, 9.17) is 4.74 Å². The van der Waals surface area contributed by atoms with Crippen LogP contribution in [0.3, 0.4) is 0 Å². The van der Waals surface area contributed by atoms with Crippen molar-refractivity contribution >= 4 is 17.3 Å². The molecule has 0 spiro atoms. The van der Waals surface area contributed by atoms with Crippen LogP contribution >= 0.6 is 0 Å². The summed E-state index contributed by atoms with van der Waals surface area (Å²) in [5.74, 6) is 0.634. The van der Waals surface area contributed by atoms with E-state index in [9.17, 15) is 14.9 Å². The number of benzene rings is 1. The molecule has 22 heavy (non-hydrogen) atoms. The number of fused-ring (bicyclic) bond motifs is 1. The van der Waals surface area contributed by atoms with E-state index in [1.807, 2.05) is 0 Å². The molecule has 0 radical (unpaired) electrons. The first-order valence-corrected chi connectivity index (χ1v) is 7.03. The van der Waals surface area contributed by atoms with Crippen molar-refractivity contribution in [1.29, 1.82) is 0 Å². The molecule has 7 heteroatoms. The van der Waals surface area contributed by atoms with Gasteiger partial charge in [0.15, 0.2) is 12.4 Å². The van der Waals surface area contributed by atoms with Gasteiger partial charge in [-0.2, -0.15) is 5.10 Å². The molecule has 1 aromatic rings. The van der Waals surface area contributed by atoms with Crippen molar-refractivity contribution in [1.82, 2.24) is 5.43 Å². The van der Waals surface area contributed by atoms with Crippen LogP contribution in [0.4, 0.5) is 5.69 Å². The Morgan fingerprint density at radius 1 is 1.45 bits per heavy atom. The summed E-state index contributed by atoms with van der Waals surface area (Å²) in [5, 5.41) is 14.9. The number of carbonyl (C=O) groups is 1. The second-order valence-corrected chi connectivity index (χ2v) is 5.29. The third-order valence-electron chi connectivity index (χ3n) is 3.91. The molecule has 0 bridgehead atoms. The first kappa shape index (κ1) is 14.2. The second kappa shape index (κ2) is 5.97. The number of carbonyl (C=O) groups excluding carboxylic acids is 1. The highest BCUT2D eigenvalue weighted by Crippen LogP contribution is 2.40. The number of para-hydroxylation sites is 2. The molecule has 114 valence electrons. The third-order valence-corrected chi connectivity index (χ3v) is 3.91. The quantitative estimate of drug-likeness (QED) is 0.511. The van der Waals surface area contributed by atoms with Gasteiger partial charge >= 0.3 is 5.69 Å². The van der Waals surface area contributed by atoms with Crippen LogP contribution in [0.25, 0.3) is 0 Å². The fourth-order valence-electron chi connectivity index (χ4n) is 2.70. The van der Waals surface area contributed by atoms with Gasteiger partial charge in [0.1, 0.15) is 0 Å². The predicted octanol–water partition coefficient (Wildman–Crippen LogP) is 2.04. The Labute approximate surface area is 126 Å². The Morgan fingerprint density at radius 2 is 2.27 bits per heavy atom. The fraction of sp³-hybridized carbons (Fsp3) is 0.333. The Morgan fingerprint density at radius 3 is 3.05 bits per heavy atom. The maximum Gasteiger partial charge on any atom is 0.310 e. The number of nitro benzene ring substituents is 1. The first-order chi connectivity index (χ1) is 10.6. The van der Waals surface area contributed by atoms with E-state index < -0.39 is 10.8 Å². The average molecular weight is 301 g/mol. The van der Waals surface area contributed by atoms with Crippen LogP contribution in [-0.2, 0) is 4.79 Å². The summed E-state index contributed by atoms with van der Waals surface area (Å²) in [6, 6.07) is 5.94. The number of allylic oxidation sites excluding steroid dienone is 2. The van der Waals surface area contributed by atoms with Gasteiger partial charge in [-0.15, -0.1) is 0 Å². The zero-order valence-corrected chi connectivity index (χ0v) is 11.8. The lowest BCUT2D eigenvalue weighted by molar-refractivity contribution is -0.385. The van der Waals surface area contributed by atoms with E-state index in [2.05, 4.69) is 22.7 Å². The number of nitro groups is 1. The first-order valence-electron chi connectivity index (χ1n) is 7.03. The van der Waals surface area contributed by atoms with Gasteiger partial charge in [0, 0.05) is 17.7 Å². The van der Waals surface area contributed by atoms with Gasteiger partial charge in [-0.1, -0.05) is 24.3 Å². The lowest BCUT2D eigenvalue weighted by atomic mass is 9.74. The van der Waals surface area contributed by atoms with E-state index in [0.29, 0.717) is 11.8 Å². The van der Waals surface area contributed by atoms with Gasteiger partial charge in [-0.3, -0.25) is 14.9 Å². The Bertz CT molecular complexity index is 669. The average Bonchev–Trinajstić information content (AvgIpc) is 2.87. The number of amides is 1. The van der Waals surface area contributed by atoms with Crippen LogP contribution in [0.15, 0.2) is 41.5 Å². The largest absolute Gasteiger partial charge is 0.477 e. The van der Waals surface area contributed by atoms with Gasteiger partial charge in [-0.05, 0) is 24.8 Å². The number of nitrogens with one attached hydrogen (secondary N) is 1. The molecule has 2 atom stereocenters. The number of nitrogens with zero attached hydrogens (tertiary/aromatic N) is 2. The lowest BCUT2D eigenvalue weighted by Gasteiger charge is -2.31. The van der Waals surface area contributed by atoms with Crippen LogP contribution in [0.2, 0.25) is 0 Å². The summed E-state index contributed by atoms with van der Waals surface area (Å²) >= 11 is 0. The molecule has 1 amide bonds. The van der Waals surface area contributed by atoms with Gasteiger partial charge in [-0.25, -0.2) is 5.43 Å². The van der Waals surface area contributed by atoms with E-state index >= 15 is 0 Å². The minimum atomic E-state index is -0.547. The molecule has 0 unspecified atom stereocenters. The van der Waals surface area contributed by atoms with Crippen LogP contribution in [0, 0.1) is 22.0 Å². The van der Waals surface area contributed by atoms with Crippen molar-refractivity contribution in [3.05, 3.63) is 46.5 Å². The van der Waals surface area contributed by atoms with E-state index in [-0.39, 0.29) is 18.0 Å². The zero-order valence-electron chi connectivity index (χ0n) is 11.8. The van der Waals surface area contributed by atoms with Gasteiger partial charge in [0.25, 0.3) is 5.91 Å². The van der Waals surface area contributed by atoms with Crippen molar-refractivity contribution in [2.24, 2.45) is 16.9 Å². The number of hydrogen-bond acceptors (Lipinski definition) is 5. The maximum atomic E-state index is 11.7. The monoisotopic (exact) mass is 301 g/mol. The Hall–Kier alpha value is -2.70. The van der Waals surface area contributed by atoms with Crippen molar-refractivity contribution < 1.29 is 14.5 Å². The lowest BCUT2D eigenvalue weighted by Crippen LogP contribution is -2.36. The molecule has 0 heterocycles. The van der Waals surface area contributed by atoms with Crippen LogP contribution in [0.1, 0.15) is 12.8 Å². The molecule has 1 N–H and O–H groups in total. The molecular formula is C15H15N3O4. The van der Waals surface area contributed by atoms with Crippen LogP contribution in [0.5, 0.6) is 5.75 Å². The molecule has 1 fully saturated rings. The number of hydrazone groups is 1. The zero-order chi connectivity index (χ0) is 15.5. The molecule has 3 rings (SSSR count). The summed E-state index contributed by atoms with van der Waals surface area (Å²) in [5.41, 5.74) is 3.27. The molecule has 2 aliphatic carbocycles. The SMILES string of the molecule is O=C(COc1ccccc1[N+](=O)[O-])N/N=C1/C[C@@H]2C=CC[C@H]12. The number of rotatable bonds is 5. The van der Waals surface area contributed by atoms with E-state index in [1.165, 1.54) is 12.1 Å². The Balaban J connectivity index is 1.51. The second-order valence-electron chi connectivity index (χ2n) is 5.29. The summed E-state index contributed by atoms with van der Waals surface area (Å²) in [6.07, 6.45) is 6.18. The van der Waals surface area contributed by atoms with E-state index in [0.717, 1.165) is 18.6 Å². The van der Waals surface area contributed by atoms with Gasteiger partial charge in [0.05, 0.1) is 4.92 Å². The minimum absolute atomic E-state index is 0.0685. The van der Waals surface area contributed by atoms with Crippen molar-refractivity contribution in [2.45, 2.75) is 12.8 Å². The molecule has 1 saturated carbocycles. The summed E-state index contributed by atoms with van der Waals surface area (Å²) in [4.78, 5) is 22.0. The van der Waals surface area contributed by atoms with E-state index in [1.54, 1.807) is 12.1 Å². The topological polar surface area (TPSA) is 93.8 Å². The highest BCUT2D eigenvalue weighted by atomic mass is 16.6. The highest BCUT2D eigenvalue weighted by molar-refractivity contribution is 5.94. The summed E-state index contributed by atoms with van der Waals surface area (Å²) in [6.45, 7) is -0.312. The molecule has 2 aliphatic rings. The summed E-state index contributed by atoms with van der Waals surface area (Å²) in [7, 11) is 0.